The zero-order chi connectivity index (χ0) is 12.6. The van der Waals surface area contributed by atoms with E-state index in [1.165, 1.54) is 0 Å². The van der Waals surface area contributed by atoms with Crippen LogP contribution in [0.15, 0.2) is 54.6 Å². The summed E-state index contributed by atoms with van der Waals surface area (Å²) >= 11 is 0. The van der Waals surface area contributed by atoms with Gasteiger partial charge in [-0.05, 0) is 24.3 Å². The summed E-state index contributed by atoms with van der Waals surface area (Å²) in [6, 6.07) is 17.9. The standard InChI is InChI=1S/C15H17NO2/c1-17-10-11-18-15-9-5-8-14(12-15)16-13-6-3-2-4-7-13/h2-9,12,16H,10-11H2,1H3. The molecule has 18 heavy (non-hydrogen) atoms. The molecule has 0 heterocycles. The second-order valence-corrected chi connectivity index (χ2v) is 3.86. The second-order valence-electron chi connectivity index (χ2n) is 3.86. The Morgan fingerprint density at radius 1 is 0.889 bits per heavy atom. The smallest absolute Gasteiger partial charge is 0.121 e. The van der Waals surface area contributed by atoms with E-state index in [0.29, 0.717) is 13.2 Å². The molecule has 0 saturated heterocycles. The molecule has 2 aromatic carbocycles. The summed E-state index contributed by atoms with van der Waals surface area (Å²) < 4.78 is 10.5. The fraction of sp³-hybridized carbons (Fsp3) is 0.200. The van der Waals surface area contributed by atoms with Gasteiger partial charge in [-0.3, -0.25) is 0 Å². The monoisotopic (exact) mass is 243 g/mol. The summed E-state index contributed by atoms with van der Waals surface area (Å²) in [5.41, 5.74) is 2.07. The topological polar surface area (TPSA) is 30.5 Å². The minimum absolute atomic E-state index is 0.561. The molecule has 0 atom stereocenters. The first kappa shape index (κ1) is 12.5. The maximum Gasteiger partial charge on any atom is 0.121 e. The Labute approximate surface area is 107 Å². The normalized spacial score (nSPS) is 10.1. The highest BCUT2D eigenvalue weighted by Crippen LogP contribution is 2.21. The van der Waals surface area contributed by atoms with Crippen molar-refractivity contribution in [3.63, 3.8) is 0 Å². The third-order valence-corrected chi connectivity index (χ3v) is 2.45. The number of nitrogens with one attached hydrogen (secondary N) is 1. The number of rotatable bonds is 6. The van der Waals surface area contributed by atoms with E-state index in [1.54, 1.807) is 7.11 Å². The molecular formula is C15H17NO2. The molecule has 0 amide bonds. The molecule has 0 radical (unpaired) electrons. The molecule has 0 bridgehead atoms. The van der Waals surface area contributed by atoms with Gasteiger partial charge >= 0.3 is 0 Å². The van der Waals surface area contributed by atoms with E-state index in [-0.39, 0.29) is 0 Å². The average molecular weight is 243 g/mol. The van der Waals surface area contributed by atoms with Gasteiger partial charge in [-0.2, -0.15) is 0 Å². The quantitative estimate of drug-likeness (QED) is 0.788. The van der Waals surface area contributed by atoms with Crippen LogP contribution in [0.3, 0.4) is 0 Å². The maximum absolute atomic E-state index is 5.56. The summed E-state index contributed by atoms with van der Waals surface area (Å²) in [6.45, 7) is 1.15. The van der Waals surface area contributed by atoms with E-state index in [2.05, 4.69) is 5.32 Å². The fourth-order valence-electron chi connectivity index (χ4n) is 1.59. The molecule has 2 aromatic rings. The van der Waals surface area contributed by atoms with Crippen LogP contribution in [0.1, 0.15) is 0 Å². The molecule has 0 aliphatic carbocycles. The van der Waals surface area contributed by atoms with Crippen molar-refractivity contribution in [2.24, 2.45) is 0 Å². The molecule has 1 N–H and O–H groups in total. The van der Waals surface area contributed by atoms with Crippen molar-refractivity contribution in [3.8, 4) is 5.75 Å². The SMILES string of the molecule is COCCOc1cccc(Nc2ccccc2)c1. The van der Waals surface area contributed by atoms with Crippen molar-refractivity contribution in [2.45, 2.75) is 0 Å². The zero-order valence-corrected chi connectivity index (χ0v) is 10.4. The van der Waals surface area contributed by atoms with Gasteiger partial charge in [0.15, 0.2) is 0 Å². The summed E-state index contributed by atoms with van der Waals surface area (Å²) in [5.74, 6) is 0.841. The first-order valence-electron chi connectivity index (χ1n) is 5.92. The molecule has 0 fully saturated rings. The van der Waals surface area contributed by atoms with Crippen molar-refractivity contribution in [2.75, 3.05) is 25.6 Å². The Morgan fingerprint density at radius 2 is 1.67 bits per heavy atom. The van der Waals surface area contributed by atoms with E-state index in [9.17, 15) is 0 Å². The van der Waals surface area contributed by atoms with Crippen molar-refractivity contribution < 1.29 is 9.47 Å². The Morgan fingerprint density at radius 3 is 2.44 bits per heavy atom. The fourth-order valence-corrected chi connectivity index (χ4v) is 1.59. The lowest BCUT2D eigenvalue weighted by molar-refractivity contribution is 0.146. The molecule has 0 spiro atoms. The zero-order valence-electron chi connectivity index (χ0n) is 10.4. The number of hydrogen-bond donors (Lipinski definition) is 1. The summed E-state index contributed by atoms with van der Waals surface area (Å²) in [5, 5.41) is 3.32. The number of ether oxygens (including phenoxy) is 2. The summed E-state index contributed by atoms with van der Waals surface area (Å²) in [7, 11) is 1.66. The van der Waals surface area contributed by atoms with E-state index in [1.807, 2.05) is 54.6 Å². The number of hydrogen-bond acceptors (Lipinski definition) is 3. The highest BCUT2D eigenvalue weighted by Gasteiger charge is 1.97. The molecule has 0 aliphatic heterocycles. The van der Waals surface area contributed by atoms with E-state index >= 15 is 0 Å². The Bertz CT molecular complexity index is 471. The van der Waals surface area contributed by atoms with Crippen LogP contribution < -0.4 is 10.1 Å². The number of anilines is 2. The lowest BCUT2D eigenvalue weighted by atomic mass is 10.2. The van der Waals surface area contributed by atoms with Gasteiger partial charge in [0.1, 0.15) is 12.4 Å². The van der Waals surface area contributed by atoms with Crippen LogP contribution in [0.25, 0.3) is 0 Å². The molecule has 2 rings (SSSR count). The van der Waals surface area contributed by atoms with Crippen molar-refractivity contribution in [1.29, 1.82) is 0 Å². The molecule has 0 aliphatic rings. The molecule has 0 aromatic heterocycles. The molecule has 0 saturated carbocycles. The Balaban J connectivity index is 1.99. The minimum Gasteiger partial charge on any atom is -0.491 e. The van der Waals surface area contributed by atoms with Crippen LogP contribution in [0.5, 0.6) is 5.75 Å². The van der Waals surface area contributed by atoms with Gasteiger partial charge in [0.25, 0.3) is 0 Å². The third kappa shape index (κ3) is 3.79. The molecular weight excluding hydrogens is 226 g/mol. The number of para-hydroxylation sites is 1. The largest absolute Gasteiger partial charge is 0.491 e. The highest BCUT2D eigenvalue weighted by atomic mass is 16.5. The van der Waals surface area contributed by atoms with Crippen LogP contribution in [-0.2, 0) is 4.74 Å². The van der Waals surface area contributed by atoms with Gasteiger partial charge in [-0.25, -0.2) is 0 Å². The predicted octanol–water partition coefficient (Wildman–Crippen LogP) is 3.46. The van der Waals surface area contributed by atoms with E-state index < -0.39 is 0 Å². The first-order chi connectivity index (χ1) is 8.88. The van der Waals surface area contributed by atoms with Crippen molar-refractivity contribution in [1.82, 2.24) is 0 Å². The van der Waals surface area contributed by atoms with Gasteiger partial charge in [-0.1, -0.05) is 24.3 Å². The highest BCUT2D eigenvalue weighted by molar-refractivity contribution is 5.60. The Hall–Kier alpha value is -2.00. The van der Waals surface area contributed by atoms with Crippen LogP contribution in [0.2, 0.25) is 0 Å². The van der Waals surface area contributed by atoms with Gasteiger partial charge in [-0.15, -0.1) is 0 Å². The molecule has 0 unspecified atom stereocenters. The van der Waals surface area contributed by atoms with Gasteiger partial charge in [0, 0.05) is 24.6 Å². The average Bonchev–Trinajstić information content (AvgIpc) is 2.41. The lowest BCUT2D eigenvalue weighted by Crippen LogP contribution is -2.04. The van der Waals surface area contributed by atoms with Gasteiger partial charge in [0.2, 0.25) is 0 Å². The summed E-state index contributed by atoms with van der Waals surface area (Å²) in [4.78, 5) is 0. The van der Waals surface area contributed by atoms with Crippen LogP contribution in [0.4, 0.5) is 11.4 Å². The second kappa shape index (κ2) is 6.67. The summed E-state index contributed by atoms with van der Waals surface area (Å²) in [6.07, 6.45) is 0. The third-order valence-electron chi connectivity index (χ3n) is 2.45. The number of methoxy groups -OCH3 is 1. The van der Waals surface area contributed by atoms with Crippen molar-refractivity contribution >= 4 is 11.4 Å². The van der Waals surface area contributed by atoms with Gasteiger partial charge in [0.05, 0.1) is 6.61 Å². The van der Waals surface area contributed by atoms with Crippen LogP contribution in [0, 0.1) is 0 Å². The first-order valence-corrected chi connectivity index (χ1v) is 5.92. The van der Waals surface area contributed by atoms with Crippen molar-refractivity contribution in [3.05, 3.63) is 54.6 Å². The van der Waals surface area contributed by atoms with Crippen LogP contribution in [-0.4, -0.2) is 20.3 Å². The predicted molar refractivity (Wildman–Crippen MR) is 73.5 cm³/mol. The molecule has 94 valence electrons. The maximum atomic E-state index is 5.56. The van der Waals surface area contributed by atoms with Crippen LogP contribution >= 0.6 is 0 Å². The lowest BCUT2D eigenvalue weighted by Gasteiger charge is -2.09. The molecule has 3 nitrogen and oxygen atoms in total. The van der Waals surface area contributed by atoms with Gasteiger partial charge < -0.3 is 14.8 Å². The molecule has 3 heteroatoms. The van der Waals surface area contributed by atoms with E-state index in [4.69, 9.17) is 9.47 Å². The van der Waals surface area contributed by atoms with E-state index in [0.717, 1.165) is 17.1 Å². The number of benzene rings is 2. The Kier molecular flexibility index (Phi) is 4.61. The minimum atomic E-state index is 0.561.